The quantitative estimate of drug-likeness (QED) is 0.348. The molecule has 2 amide bonds. The minimum atomic E-state index is -0.716. The Balaban J connectivity index is 1.88. The monoisotopic (exact) mass is 552 g/mol. The van der Waals surface area contributed by atoms with E-state index in [4.69, 9.17) is 9.47 Å². The van der Waals surface area contributed by atoms with Crippen molar-refractivity contribution in [2.75, 3.05) is 20.8 Å². The summed E-state index contributed by atoms with van der Waals surface area (Å²) in [6, 6.07) is 22.3. The summed E-state index contributed by atoms with van der Waals surface area (Å²) in [4.78, 5) is 28.2. The molecule has 0 bridgehead atoms. The topological polar surface area (TPSA) is 67.9 Å². The molecular formula is C29H33BrN2O4. The van der Waals surface area contributed by atoms with E-state index in [1.54, 1.807) is 19.1 Å². The number of hydrogen-bond acceptors (Lipinski definition) is 4. The fourth-order valence-corrected chi connectivity index (χ4v) is 4.41. The normalized spacial score (nSPS) is 11.6. The van der Waals surface area contributed by atoms with Gasteiger partial charge >= 0.3 is 0 Å². The number of hydrogen-bond donors (Lipinski definition) is 1. The zero-order chi connectivity index (χ0) is 26.1. The van der Waals surface area contributed by atoms with Crippen molar-refractivity contribution >= 4 is 27.7 Å². The van der Waals surface area contributed by atoms with Crippen molar-refractivity contribution in [1.29, 1.82) is 0 Å². The number of rotatable bonds is 11. The third-order valence-electron chi connectivity index (χ3n) is 5.98. The van der Waals surface area contributed by atoms with Crippen LogP contribution in [0.25, 0.3) is 0 Å². The molecule has 0 fully saturated rings. The van der Waals surface area contributed by atoms with Gasteiger partial charge in [-0.25, -0.2) is 0 Å². The maximum absolute atomic E-state index is 13.6. The minimum absolute atomic E-state index is 0.203. The fourth-order valence-electron chi connectivity index (χ4n) is 3.90. The number of halogens is 1. The molecule has 7 heteroatoms. The predicted octanol–water partition coefficient (Wildman–Crippen LogP) is 5.35. The molecule has 1 N–H and O–H groups in total. The summed E-state index contributed by atoms with van der Waals surface area (Å²) in [5, 5.41) is 2.72. The van der Waals surface area contributed by atoms with Gasteiger partial charge in [0.25, 0.3) is 5.91 Å². The molecule has 0 spiro atoms. The van der Waals surface area contributed by atoms with Crippen LogP contribution in [0.3, 0.4) is 0 Å². The first kappa shape index (κ1) is 27.3. The van der Waals surface area contributed by atoms with Gasteiger partial charge in [-0.3, -0.25) is 9.59 Å². The number of methoxy groups -OCH3 is 1. The molecule has 0 aliphatic heterocycles. The number of likely N-dealkylation sites (N-methyl/N-ethyl adjacent to an activating group) is 1. The van der Waals surface area contributed by atoms with Gasteiger partial charge in [-0.2, -0.15) is 0 Å². The second kappa shape index (κ2) is 13.1. The molecule has 0 aliphatic carbocycles. The molecule has 6 nitrogen and oxygen atoms in total. The summed E-state index contributed by atoms with van der Waals surface area (Å²) in [5.74, 6) is 1.11. The van der Waals surface area contributed by atoms with Crippen molar-refractivity contribution in [3.8, 4) is 11.5 Å². The largest absolute Gasteiger partial charge is 0.497 e. The number of benzene rings is 3. The number of amides is 2. The average molecular weight is 553 g/mol. The van der Waals surface area contributed by atoms with Crippen molar-refractivity contribution in [3.05, 3.63) is 94.0 Å². The molecule has 3 aromatic carbocycles. The summed E-state index contributed by atoms with van der Waals surface area (Å²) >= 11 is 3.55. The van der Waals surface area contributed by atoms with Crippen LogP contribution in [-0.4, -0.2) is 43.5 Å². The smallest absolute Gasteiger partial charge is 0.261 e. The summed E-state index contributed by atoms with van der Waals surface area (Å²) < 4.78 is 12.1. The third kappa shape index (κ3) is 7.34. The van der Waals surface area contributed by atoms with Crippen LogP contribution in [0.2, 0.25) is 0 Å². The van der Waals surface area contributed by atoms with Crippen LogP contribution >= 0.6 is 15.9 Å². The summed E-state index contributed by atoms with van der Waals surface area (Å²) in [6.07, 6.45) is 0.378. The number of carbonyl (C=O) groups is 2. The van der Waals surface area contributed by atoms with E-state index in [0.717, 1.165) is 15.6 Å². The SMILES string of the molecule is CNC(=O)C(Cc1ccccc1)N(Cc1cccc(OC)c1)C(=O)COc1ccc(C(C)C)cc1Br. The number of ether oxygens (including phenoxy) is 2. The lowest BCUT2D eigenvalue weighted by molar-refractivity contribution is -0.142. The lowest BCUT2D eigenvalue weighted by Crippen LogP contribution is -2.51. The van der Waals surface area contributed by atoms with Gasteiger partial charge in [-0.05, 0) is 62.8 Å². The number of nitrogens with one attached hydrogen (secondary N) is 1. The molecular weight excluding hydrogens is 520 g/mol. The molecule has 1 unspecified atom stereocenters. The summed E-state index contributed by atoms with van der Waals surface area (Å²) in [6.45, 7) is 4.27. The van der Waals surface area contributed by atoms with Crippen LogP contribution in [0.4, 0.5) is 0 Å². The Morgan fingerprint density at radius 1 is 0.972 bits per heavy atom. The standard InChI is InChI=1S/C29H33BrN2O4/c1-20(2)23-13-14-27(25(30)17-23)36-19-28(33)32(18-22-11-8-12-24(15-22)35-4)26(29(34)31-3)16-21-9-6-5-7-10-21/h5-15,17,20,26H,16,18-19H2,1-4H3,(H,31,34). The van der Waals surface area contributed by atoms with Gasteiger partial charge in [0.15, 0.2) is 6.61 Å². The maximum atomic E-state index is 13.6. The molecule has 0 aromatic heterocycles. The van der Waals surface area contributed by atoms with Crippen LogP contribution in [0.5, 0.6) is 11.5 Å². The van der Waals surface area contributed by atoms with E-state index in [1.165, 1.54) is 5.56 Å². The zero-order valence-corrected chi connectivity index (χ0v) is 22.7. The van der Waals surface area contributed by atoms with Crippen molar-refractivity contribution in [1.82, 2.24) is 10.2 Å². The minimum Gasteiger partial charge on any atom is -0.497 e. The van der Waals surface area contributed by atoms with Gasteiger partial charge < -0.3 is 19.7 Å². The number of nitrogens with zero attached hydrogens (tertiary/aromatic N) is 1. The summed E-state index contributed by atoms with van der Waals surface area (Å²) in [5.41, 5.74) is 2.98. The molecule has 0 radical (unpaired) electrons. The van der Waals surface area contributed by atoms with Gasteiger partial charge in [-0.15, -0.1) is 0 Å². The lowest BCUT2D eigenvalue weighted by Gasteiger charge is -2.31. The first-order valence-electron chi connectivity index (χ1n) is 11.9. The molecule has 3 rings (SSSR count). The van der Waals surface area contributed by atoms with Gasteiger partial charge in [0.2, 0.25) is 5.91 Å². The Kier molecular flexibility index (Phi) is 9.94. The molecule has 0 heterocycles. The van der Waals surface area contributed by atoms with Gasteiger partial charge in [0.1, 0.15) is 17.5 Å². The van der Waals surface area contributed by atoms with Crippen molar-refractivity contribution in [2.45, 2.75) is 38.8 Å². The highest BCUT2D eigenvalue weighted by molar-refractivity contribution is 9.10. The molecule has 36 heavy (non-hydrogen) atoms. The Morgan fingerprint density at radius 2 is 1.69 bits per heavy atom. The van der Waals surface area contributed by atoms with Crippen molar-refractivity contribution in [2.24, 2.45) is 0 Å². The Bertz CT molecular complexity index is 1170. The molecule has 0 saturated heterocycles. The Labute approximate surface area is 221 Å². The second-order valence-electron chi connectivity index (χ2n) is 8.83. The number of carbonyl (C=O) groups excluding carboxylic acids is 2. The first-order valence-corrected chi connectivity index (χ1v) is 12.7. The Hall–Kier alpha value is -3.32. The van der Waals surface area contributed by atoms with E-state index in [1.807, 2.05) is 72.8 Å². The highest BCUT2D eigenvalue weighted by Gasteiger charge is 2.30. The Morgan fingerprint density at radius 3 is 2.33 bits per heavy atom. The zero-order valence-electron chi connectivity index (χ0n) is 21.2. The van der Waals surface area contributed by atoms with E-state index < -0.39 is 6.04 Å². The summed E-state index contributed by atoms with van der Waals surface area (Å²) in [7, 11) is 3.18. The molecule has 1 atom stereocenters. The van der Waals surface area contributed by atoms with E-state index >= 15 is 0 Å². The van der Waals surface area contributed by atoms with Gasteiger partial charge in [-0.1, -0.05) is 62.4 Å². The van der Waals surface area contributed by atoms with Gasteiger partial charge in [0, 0.05) is 20.0 Å². The predicted molar refractivity (Wildman–Crippen MR) is 145 cm³/mol. The lowest BCUT2D eigenvalue weighted by atomic mass is 10.0. The average Bonchev–Trinajstić information content (AvgIpc) is 2.89. The van der Waals surface area contributed by atoms with Crippen molar-refractivity contribution < 1.29 is 19.1 Å². The third-order valence-corrected chi connectivity index (χ3v) is 6.60. The van der Waals surface area contributed by atoms with Crippen LogP contribution < -0.4 is 14.8 Å². The second-order valence-corrected chi connectivity index (χ2v) is 9.68. The van der Waals surface area contributed by atoms with Crippen molar-refractivity contribution in [3.63, 3.8) is 0 Å². The first-order chi connectivity index (χ1) is 17.3. The van der Waals surface area contributed by atoms with Crippen LogP contribution in [0, 0.1) is 0 Å². The van der Waals surface area contributed by atoms with E-state index in [0.29, 0.717) is 23.8 Å². The fraction of sp³-hybridized carbons (Fsp3) is 0.310. The van der Waals surface area contributed by atoms with E-state index in [-0.39, 0.29) is 25.0 Å². The van der Waals surface area contributed by atoms with E-state index in [2.05, 4.69) is 35.1 Å². The van der Waals surface area contributed by atoms with Gasteiger partial charge in [0.05, 0.1) is 11.6 Å². The molecule has 3 aromatic rings. The molecule has 0 saturated carbocycles. The highest BCUT2D eigenvalue weighted by atomic mass is 79.9. The molecule has 0 aliphatic rings. The van der Waals surface area contributed by atoms with Crippen LogP contribution in [0.1, 0.15) is 36.5 Å². The highest BCUT2D eigenvalue weighted by Crippen LogP contribution is 2.29. The van der Waals surface area contributed by atoms with E-state index in [9.17, 15) is 9.59 Å². The van der Waals surface area contributed by atoms with Crippen LogP contribution in [0.15, 0.2) is 77.3 Å². The molecule has 190 valence electrons. The van der Waals surface area contributed by atoms with Crippen LogP contribution in [-0.2, 0) is 22.6 Å². The maximum Gasteiger partial charge on any atom is 0.261 e.